The number of hydrogen-bond donors (Lipinski definition) is 2. The Kier molecular flexibility index (Phi) is 3.73. The number of carboxylic acids is 1. The Morgan fingerprint density at radius 3 is 2.18 bits per heavy atom. The van der Waals surface area contributed by atoms with Gasteiger partial charge in [0.1, 0.15) is 5.54 Å². The van der Waals surface area contributed by atoms with Crippen molar-refractivity contribution in [2.75, 3.05) is 12.4 Å². The highest BCUT2D eigenvalue weighted by Crippen LogP contribution is 2.16. The molecule has 0 bridgehead atoms. The zero-order valence-corrected chi connectivity index (χ0v) is 9.98. The van der Waals surface area contributed by atoms with Crippen LogP contribution in [0, 0.1) is 0 Å². The molecule has 5 nitrogen and oxygen atoms in total. The van der Waals surface area contributed by atoms with Crippen LogP contribution in [0.15, 0.2) is 24.3 Å². The first-order valence-electron chi connectivity index (χ1n) is 5.07. The van der Waals surface area contributed by atoms with Crippen molar-refractivity contribution in [2.24, 2.45) is 0 Å². The van der Waals surface area contributed by atoms with Gasteiger partial charge in [0.25, 0.3) is 0 Å². The predicted octanol–water partition coefficient (Wildman–Crippen LogP) is 1.75. The lowest BCUT2D eigenvalue weighted by Gasteiger charge is -2.22. The summed E-state index contributed by atoms with van der Waals surface area (Å²) in [5.74, 6) is -1.37. The largest absolute Gasteiger partial charge is 0.480 e. The van der Waals surface area contributed by atoms with Crippen LogP contribution in [0.25, 0.3) is 0 Å². The third-order valence-electron chi connectivity index (χ3n) is 2.30. The van der Waals surface area contributed by atoms with Crippen molar-refractivity contribution in [1.29, 1.82) is 0 Å². The van der Waals surface area contributed by atoms with Gasteiger partial charge >= 0.3 is 11.9 Å². The number of methoxy groups -OCH3 is 1. The highest BCUT2D eigenvalue weighted by atomic mass is 16.5. The fraction of sp³-hybridized carbons (Fsp3) is 0.333. The van der Waals surface area contributed by atoms with Crippen LogP contribution in [0.4, 0.5) is 5.69 Å². The quantitative estimate of drug-likeness (QED) is 0.780. The normalized spacial score (nSPS) is 10.8. The zero-order valence-electron chi connectivity index (χ0n) is 9.98. The molecule has 1 rings (SSSR count). The maximum absolute atomic E-state index is 11.2. The third kappa shape index (κ3) is 3.21. The van der Waals surface area contributed by atoms with Crippen LogP contribution in [0.1, 0.15) is 24.2 Å². The number of nitrogens with one attached hydrogen (secondary N) is 1. The lowest BCUT2D eigenvalue weighted by Crippen LogP contribution is -2.39. The average molecular weight is 237 g/mol. The Morgan fingerprint density at radius 2 is 1.76 bits per heavy atom. The highest BCUT2D eigenvalue weighted by Gasteiger charge is 2.26. The van der Waals surface area contributed by atoms with Gasteiger partial charge < -0.3 is 15.2 Å². The first-order valence-corrected chi connectivity index (χ1v) is 5.07. The van der Waals surface area contributed by atoms with Gasteiger partial charge in [-0.1, -0.05) is 0 Å². The monoisotopic (exact) mass is 237 g/mol. The molecule has 0 heterocycles. The second kappa shape index (κ2) is 4.86. The molecule has 0 aromatic heterocycles. The zero-order chi connectivity index (χ0) is 13.1. The minimum absolute atomic E-state index is 0.422. The van der Waals surface area contributed by atoms with Crippen molar-refractivity contribution >= 4 is 17.6 Å². The van der Waals surface area contributed by atoms with Gasteiger partial charge in [-0.3, -0.25) is 0 Å². The first-order chi connectivity index (χ1) is 7.86. The number of ether oxygens (including phenoxy) is 1. The molecular weight excluding hydrogens is 222 g/mol. The molecular formula is C12H15NO4. The number of carbonyl (C=O) groups is 2. The molecule has 5 heteroatoms. The summed E-state index contributed by atoms with van der Waals surface area (Å²) in [5.41, 5.74) is -0.0106. The number of aliphatic carboxylic acids is 1. The van der Waals surface area contributed by atoms with E-state index in [2.05, 4.69) is 10.1 Å². The number of esters is 1. The van der Waals surface area contributed by atoms with Crippen LogP contribution in [-0.4, -0.2) is 29.7 Å². The molecule has 2 N–H and O–H groups in total. The molecule has 1 aromatic carbocycles. The second-order valence-electron chi connectivity index (χ2n) is 4.12. The number of rotatable bonds is 4. The number of carboxylic acid groups (broad SMARTS) is 1. The van der Waals surface area contributed by atoms with E-state index in [4.69, 9.17) is 5.11 Å². The molecule has 1 aromatic rings. The van der Waals surface area contributed by atoms with Crippen molar-refractivity contribution in [2.45, 2.75) is 19.4 Å². The van der Waals surface area contributed by atoms with Gasteiger partial charge in [0.05, 0.1) is 12.7 Å². The third-order valence-corrected chi connectivity index (χ3v) is 2.30. The average Bonchev–Trinajstić information content (AvgIpc) is 2.28. The molecule has 92 valence electrons. The standard InChI is InChI=1S/C12H15NO4/c1-12(2,11(15)16)13-9-6-4-8(5-7-9)10(14)17-3/h4-7,13H,1-3H3,(H,15,16). The van der Waals surface area contributed by atoms with Gasteiger partial charge in [-0.05, 0) is 38.1 Å². The van der Waals surface area contributed by atoms with Crippen molar-refractivity contribution in [3.63, 3.8) is 0 Å². The molecule has 0 saturated heterocycles. The summed E-state index contributed by atoms with van der Waals surface area (Å²) in [6.45, 7) is 3.12. The molecule has 0 amide bonds. The van der Waals surface area contributed by atoms with Gasteiger partial charge in [-0.25, -0.2) is 9.59 Å². The smallest absolute Gasteiger partial charge is 0.337 e. The summed E-state index contributed by atoms with van der Waals surface area (Å²) >= 11 is 0. The summed E-state index contributed by atoms with van der Waals surface area (Å²) in [5, 5.41) is 11.8. The molecule has 0 radical (unpaired) electrons. The van der Waals surface area contributed by atoms with E-state index in [-0.39, 0.29) is 0 Å². The topological polar surface area (TPSA) is 75.6 Å². The summed E-state index contributed by atoms with van der Waals surface area (Å²) in [6.07, 6.45) is 0. The van der Waals surface area contributed by atoms with E-state index in [0.29, 0.717) is 11.3 Å². The number of carbonyl (C=O) groups excluding carboxylic acids is 1. The molecule has 0 aliphatic rings. The van der Waals surface area contributed by atoms with Crippen LogP contribution in [0.3, 0.4) is 0 Å². The molecule has 0 spiro atoms. The minimum Gasteiger partial charge on any atom is -0.480 e. The predicted molar refractivity (Wildman–Crippen MR) is 63.1 cm³/mol. The van der Waals surface area contributed by atoms with Gasteiger partial charge in [0, 0.05) is 5.69 Å². The van der Waals surface area contributed by atoms with E-state index in [0.717, 1.165) is 0 Å². The minimum atomic E-state index is -1.06. The second-order valence-corrected chi connectivity index (χ2v) is 4.12. The molecule has 0 saturated carbocycles. The Bertz CT molecular complexity index is 423. The lowest BCUT2D eigenvalue weighted by molar-refractivity contribution is -0.141. The SMILES string of the molecule is COC(=O)c1ccc(NC(C)(C)C(=O)O)cc1. The van der Waals surface area contributed by atoms with Crippen molar-refractivity contribution in [3.8, 4) is 0 Å². The summed E-state index contributed by atoms with van der Waals surface area (Å²) in [6, 6.07) is 6.42. The molecule has 0 atom stereocenters. The summed E-state index contributed by atoms with van der Waals surface area (Å²) in [4.78, 5) is 22.1. The lowest BCUT2D eigenvalue weighted by atomic mass is 10.1. The Hall–Kier alpha value is -2.04. The first kappa shape index (κ1) is 13.0. The maximum Gasteiger partial charge on any atom is 0.337 e. The van der Waals surface area contributed by atoms with Crippen LogP contribution in [-0.2, 0) is 9.53 Å². The number of hydrogen-bond acceptors (Lipinski definition) is 4. The van der Waals surface area contributed by atoms with Gasteiger partial charge in [0.15, 0.2) is 0 Å². The van der Waals surface area contributed by atoms with Crippen molar-refractivity contribution < 1.29 is 19.4 Å². The molecule has 0 aliphatic heterocycles. The van der Waals surface area contributed by atoms with Gasteiger partial charge in [-0.15, -0.1) is 0 Å². The molecule has 0 aliphatic carbocycles. The van der Waals surface area contributed by atoms with E-state index in [1.807, 2.05) is 0 Å². The van der Waals surface area contributed by atoms with Crippen molar-refractivity contribution in [1.82, 2.24) is 0 Å². The van der Waals surface area contributed by atoms with Crippen LogP contribution in [0.5, 0.6) is 0 Å². The molecule has 0 unspecified atom stereocenters. The van der Waals surface area contributed by atoms with Crippen LogP contribution < -0.4 is 5.32 Å². The van der Waals surface area contributed by atoms with E-state index >= 15 is 0 Å². The molecule has 17 heavy (non-hydrogen) atoms. The van der Waals surface area contributed by atoms with E-state index in [1.165, 1.54) is 7.11 Å². The van der Waals surface area contributed by atoms with Gasteiger partial charge in [0.2, 0.25) is 0 Å². The highest BCUT2D eigenvalue weighted by molar-refractivity contribution is 5.90. The summed E-state index contributed by atoms with van der Waals surface area (Å²) in [7, 11) is 1.31. The fourth-order valence-corrected chi connectivity index (χ4v) is 1.22. The Labute approximate surface area is 99.4 Å². The van der Waals surface area contributed by atoms with Crippen molar-refractivity contribution in [3.05, 3.63) is 29.8 Å². The molecule has 0 fully saturated rings. The van der Waals surface area contributed by atoms with E-state index in [1.54, 1.807) is 38.1 Å². The summed E-state index contributed by atoms with van der Waals surface area (Å²) < 4.78 is 4.56. The Morgan fingerprint density at radius 1 is 1.24 bits per heavy atom. The fourth-order valence-electron chi connectivity index (χ4n) is 1.22. The van der Waals surface area contributed by atoms with Crippen LogP contribution in [0.2, 0.25) is 0 Å². The number of benzene rings is 1. The van der Waals surface area contributed by atoms with E-state index < -0.39 is 17.5 Å². The van der Waals surface area contributed by atoms with Gasteiger partial charge in [-0.2, -0.15) is 0 Å². The Balaban J connectivity index is 2.82. The van der Waals surface area contributed by atoms with Crippen LogP contribution >= 0.6 is 0 Å². The number of anilines is 1. The van der Waals surface area contributed by atoms with E-state index in [9.17, 15) is 9.59 Å². The maximum atomic E-state index is 11.2.